The van der Waals surface area contributed by atoms with Crippen molar-refractivity contribution in [2.75, 3.05) is 0 Å². The summed E-state index contributed by atoms with van der Waals surface area (Å²) in [4.78, 5) is 18.4. The van der Waals surface area contributed by atoms with Crippen molar-refractivity contribution in [3.63, 3.8) is 0 Å². The number of hydrogen-bond acceptors (Lipinski definition) is 4. The Morgan fingerprint density at radius 3 is 2.74 bits per heavy atom. The first kappa shape index (κ1) is 14.0. The van der Waals surface area contributed by atoms with Gasteiger partial charge >= 0.3 is 4.87 Å². The van der Waals surface area contributed by atoms with Gasteiger partial charge in [-0.25, -0.2) is 0 Å². The van der Waals surface area contributed by atoms with Crippen LogP contribution in [0, 0.1) is 20.8 Å². The number of aromatic amines is 1. The molecular formula is C14H19N3OS. The van der Waals surface area contributed by atoms with Gasteiger partial charge in [0.05, 0.1) is 0 Å². The molecule has 102 valence electrons. The first-order chi connectivity index (χ1) is 8.97. The second-order valence-electron chi connectivity index (χ2n) is 4.86. The van der Waals surface area contributed by atoms with Crippen LogP contribution < -0.4 is 10.2 Å². The zero-order valence-corrected chi connectivity index (χ0v) is 12.5. The maximum Gasteiger partial charge on any atom is 0.304 e. The van der Waals surface area contributed by atoms with Crippen LogP contribution in [-0.2, 0) is 6.54 Å². The Kier molecular flexibility index (Phi) is 4.17. The Labute approximate surface area is 116 Å². The van der Waals surface area contributed by atoms with Crippen molar-refractivity contribution in [2.24, 2.45) is 0 Å². The van der Waals surface area contributed by atoms with Gasteiger partial charge in [0.15, 0.2) is 0 Å². The van der Waals surface area contributed by atoms with Gasteiger partial charge < -0.3 is 10.3 Å². The van der Waals surface area contributed by atoms with Crippen molar-refractivity contribution < 1.29 is 0 Å². The van der Waals surface area contributed by atoms with Crippen molar-refractivity contribution in [3.8, 4) is 0 Å². The highest BCUT2D eigenvalue weighted by molar-refractivity contribution is 7.07. The summed E-state index contributed by atoms with van der Waals surface area (Å²) < 4.78 is 0. The number of nitrogens with one attached hydrogen (secondary N) is 2. The van der Waals surface area contributed by atoms with Gasteiger partial charge in [-0.2, -0.15) is 0 Å². The molecule has 0 spiro atoms. The third kappa shape index (κ3) is 3.30. The molecule has 0 aliphatic heterocycles. The molecule has 0 saturated heterocycles. The molecule has 1 unspecified atom stereocenters. The van der Waals surface area contributed by atoms with Crippen LogP contribution in [0.1, 0.15) is 41.2 Å². The van der Waals surface area contributed by atoms with Gasteiger partial charge in [-0.15, -0.1) is 0 Å². The molecule has 2 heterocycles. The number of rotatable bonds is 4. The summed E-state index contributed by atoms with van der Waals surface area (Å²) >= 11 is 1.20. The lowest BCUT2D eigenvalue weighted by molar-refractivity contribution is 0.561. The Hall–Kier alpha value is -1.46. The smallest absolute Gasteiger partial charge is 0.304 e. The normalized spacial score (nSPS) is 12.6. The van der Waals surface area contributed by atoms with Crippen LogP contribution in [-0.4, -0.2) is 9.97 Å². The molecule has 0 bridgehead atoms. The van der Waals surface area contributed by atoms with Crippen molar-refractivity contribution in [1.82, 2.24) is 15.3 Å². The maximum absolute atomic E-state index is 11.1. The predicted octanol–water partition coefficient (Wildman–Crippen LogP) is 2.61. The van der Waals surface area contributed by atoms with Crippen molar-refractivity contribution >= 4 is 11.3 Å². The van der Waals surface area contributed by atoms with Crippen molar-refractivity contribution in [3.05, 3.63) is 49.3 Å². The van der Waals surface area contributed by atoms with Crippen LogP contribution in [0.4, 0.5) is 0 Å². The minimum atomic E-state index is -0.00573. The molecule has 0 saturated carbocycles. The molecule has 1 atom stereocenters. The molecule has 4 nitrogen and oxygen atoms in total. The van der Waals surface area contributed by atoms with E-state index in [9.17, 15) is 4.79 Å². The fraction of sp³-hybridized carbons (Fsp3) is 0.429. The van der Waals surface area contributed by atoms with E-state index in [1.54, 1.807) is 0 Å². The van der Waals surface area contributed by atoms with E-state index in [1.165, 1.54) is 22.5 Å². The predicted molar refractivity (Wildman–Crippen MR) is 78.6 cm³/mol. The third-order valence-electron chi connectivity index (χ3n) is 3.19. The standard InChI is InChI=1S/C14H19N3OS/c1-8-5-9(2)16-11(4)13(8)10(3)15-6-12-7-19-14(18)17-12/h5,7,10,15H,6H2,1-4H3,(H,17,18). The van der Waals surface area contributed by atoms with Crippen LogP contribution in [0.25, 0.3) is 0 Å². The Morgan fingerprint density at radius 1 is 1.42 bits per heavy atom. The molecular weight excluding hydrogens is 258 g/mol. The van der Waals surface area contributed by atoms with Gasteiger partial charge in [0.2, 0.25) is 0 Å². The fourth-order valence-corrected chi connectivity index (χ4v) is 3.04. The fourth-order valence-electron chi connectivity index (χ4n) is 2.45. The van der Waals surface area contributed by atoms with Crippen LogP contribution >= 0.6 is 11.3 Å². The Balaban J connectivity index is 2.12. The average Bonchev–Trinajstić information content (AvgIpc) is 2.71. The molecule has 0 fully saturated rings. The van der Waals surface area contributed by atoms with Gasteiger partial charge in [0.1, 0.15) is 0 Å². The van der Waals surface area contributed by atoms with Gasteiger partial charge in [0.25, 0.3) is 0 Å². The van der Waals surface area contributed by atoms with Gasteiger partial charge in [-0.1, -0.05) is 11.3 Å². The Morgan fingerprint density at radius 2 is 2.16 bits per heavy atom. The Bertz CT molecular complexity index is 607. The minimum absolute atomic E-state index is 0.00573. The first-order valence-electron chi connectivity index (χ1n) is 6.32. The summed E-state index contributed by atoms with van der Waals surface area (Å²) in [6, 6.07) is 2.31. The number of hydrogen-bond donors (Lipinski definition) is 2. The monoisotopic (exact) mass is 277 g/mol. The summed E-state index contributed by atoms with van der Waals surface area (Å²) in [6.45, 7) is 8.95. The summed E-state index contributed by atoms with van der Waals surface area (Å²) in [5.74, 6) is 0. The quantitative estimate of drug-likeness (QED) is 0.903. The van der Waals surface area contributed by atoms with Gasteiger partial charge in [-0.3, -0.25) is 9.78 Å². The summed E-state index contributed by atoms with van der Waals surface area (Å²) in [5, 5.41) is 5.28. The number of aryl methyl sites for hydroxylation is 3. The minimum Gasteiger partial charge on any atom is -0.315 e. The lowest BCUT2D eigenvalue weighted by Gasteiger charge is -2.18. The topological polar surface area (TPSA) is 57.8 Å². The number of aromatic nitrogens is 2. The first-order valence-corrected chi connectivity index (χ1v) is 7.20. The third-order valence-corrected chi connectivity index (χ3v) is 3.91. The highest BCUT2D eigenvalue weighted by atomic mass is 32.1. The van der Waals surface area contributed by atoms with Gasteiger partial charge in [-0.05, 0) is 44.9 Å². The van der Waals surface area contributed by atoms with E-state index in [-0.39, 0.29) is 10.9 Å². The molecule has 2 rings (SSSR count). The van der Waals surface area contributed by atoms with Crippen LogP contribution in [0.5, 0.6) is 0 Å². The van der Waals surface area contributed by atoms with Crippen LogP contribution in [0.15, 0.2) is 16.2 Å². The average molecular weight is 277 g/mol. The molecule has 2 aromatic heterocycles. The summed E-state index contributed by atoms with van der Waals surface area (Å²) in [6.07, 6.45) is 0. The lowest BCUT2D eigenvalue weighted by atomic mass is 10.0. The number of pyridine rings is 1. The van der Waals surface area contributed by atoms with E-state index >= 15 is 0 Å². The van der Waals surface area contributed by atoms with E-state index in [1.807, 2.05) is 19.2 Å². The number of H-pyrrole nitrogens is 1. The van der Waals surface area contributed by atoms with Crippen LogP contribution in [0.3, 0.4) is 0 Å². The molecule has 0 amide bonds. The second-order valence-corrected chi connectivity index (χ2v) is 5.70. The van der Waals surface area contributed by atoms with E-state index in [0.29, 0.717) is 6.54 Å². The lowest BCUT2D eigenvalue weighted by Crippen LogP contribution is -2.21. The number of thiazole rings is 1. The molecule has 19 heavy (non-hydrogen) atoms. The zero-order valence-electron chi connectivity index (χ0n) is 11.7. The zero-order chi connectivity index (χ0) is 14.0. The summed E-state index contributed by atoms with van der Waals surface area (Å²) in [5.41, 5.74) is 5.54. The number of nitrogens with zero attached hydrogens (tertiary/aromatic N) is 1. The van der Waals surface area contributed by atoms with E-state index in [2.05, 4.69) is 35.2 Å². The van der Waals surface area contributed by atoms with Crippen molar-refractivity contribution in [1.29, 1.82) is 0 Å². The maximum atomic E-state index is 11.1. The van der Waals surface area contributed by atoms with E-state index in [0.717, 1.165) is 17.1 Å². The SMILES string of the molecule is Cc1cc(C)c(C(C)NCc2csc(=O)[nH]2)c(C)n1. The highest BCUT2D eigenvalue weighted by Crippen LogP contribution is 2.21. The second kappa shape index (κ2) is 5.67. The van der Waals surface area contributed by atoms with Crippen LogP contribution in [0.2, 0.25) is 0 Å². The molecule has 0 aromatic carbocycles. The molecule has 2 aromatic rings. The highest BCUT2D eigenvalue weighted by Gasteiger charge is 2.12. The van der Waals surface area contributed by atoms with Crippen molar-refractivity contribution in [2.45, 2.75) is 40.3 Å². The van der Waals surface area contributed by atoms with E-state index in [4.69, 9.17) is 0 Å². The molecule has 0 aliphatic rings. The molecule has 0 radical (unpaired) electrons. The van der Waals surface area contributed by atoms with Gasteiger partial charge in [0, 0.05) is 35.0 Å². The molecule has 0 aliphatic carbocycles. The summed E-state index contributed by atoms with van der Waals surface area (Å²) in [7, 11) is 0. The molecule has 5 heteroatoms. The molecule has 2 N–H and O–H groups in total. The van der Waals surface area contributed by atoms with E-state index < -0.39 is 0 Å². The largest absolute Gasteiger partial charge is 0.315 e.